The van der Waals surface area contributed by atoms with Gasteiger partial charge in [-0.05, 0) is 12.5 Å². The SMILES string of the molecule is Nc1cc(F)c(Cl)cc1N1CCCOCC1. The summed E-state index contributed by atoms with van der Waals surface area (Å²) >= 11 is 5.76. The summed E-state index contributed by atoms with van der Waals surface area (Å²) in [5.74, 6) is -0.478. The summed E-state index contributed by atoms with van der Waals surface area (Å²) in [6.07, 6.45) is 0.939. The van der Waals surface area contributed by atoms with Crippen molar-refractivity contribution in [3.63, 3.8) is 0 Å². The fourth-order valence-electron chi connectivity index (χ4n) is 1.81. The van der Waals surface area contributed by atoms with Crippen molar-refractivity contribution in [2.24, 2.45) is 0 Å². The van der Waals surface area contributed by atoms with Gasteiger partial charge in [-0.2, -0.15) is 0 Å². The molecule has 1 saturated heterocycles. The lowest BCUT2D eigenvalue weighted by Crippen LogP contribution is -2.26. The van der Waals surface area contributed by atoms with E-state index in [-0.39, 0.29) is 5.02 Å². The number of benzene rings is 1. The summed E-state index contributed by atoms with van der Waals surface area (Å²) in [5, 5.41) is 0.106. The van der Waals surface area contributed by atoms with Crippen molar-refractivity contribution >= 4 is 23.0 Å². The summed E-state index contributed by atoms with van der Waals surface area (Å²) in [7, 11) is 0. The first kappa shape index (κ1) is 11.5. The molecule has 0 unspecified atom stereocenters. The van der Waals surface area contributed by atoms with Crippen molar-refractivity contribution in [1.82, 2.24) is 0 Å². The van der Waals surface area contributed by atoms with Gasteiger partial charge >= 0.3 is 0 Å². The van der Waals surface area contributed by atoms with Crippen molar-refractivity contribution < 1.29 is 9.13 Å². The Morgan fingerprint density at radius 1 is 1.31 bits per heavy atom. The Hall–Kier alpha value is -1.00. The van der Waals surface area contributed by atoms with Gasteiger partial charge in [-0.25, -0.2) is 4.39 Å². The maximum absolute atomic E-state index is 13.2. The maximum atomic E-state index is 13.2. The second-order valence-electron chi connectivity index (χ2n) is 3.78. The van der Waals surface area contributed by atoms with Crippen molar-refractivity contribution in [2.45, 2.75) is 6.42 Å². The number of ether oxygens (including phenoxy) is 1. The fourth-order valence-corrected chi connectivity index (χ4v) is 1.97. The van der Waals surface area contributed by atoms with E-state index in [0.717, 1.165) is 31.8 Å². The molecule has 1 heterocycles. The molecule has 0 aromatic heterocycles. The molecule has 2 N–H and O–H groups in total. The molecule has 1 aromatic rings. The van der Waals surface area contributed by atoms with E-state index in [0.29, 0.717) is 12.3 Å². The highest BCUT2D eigenvalue weighted by Gasteiger charge is 2.14. The summed E-state index contributed by atoms with van der Waals surface area (Å²) in [6, 6.07) is 2.85. The minimum absolute atomic E-state index is 0.106. The van der Waals surface area contributed by atoms with Gasteiger partial charge in [-0.15, -0.1) is 0 Å². The number of nitrogens with two attached hydrogens (primary N) is 1. The molecule has 1 aliphatic heterocycles. The largest absolute Gasteiger partial charge is 0.397 e. The Kier molecular flexibility index (Phi) is 3.51. The molecular formula is C11H14ClFN2O. The summed E-state index contributed by atoms with van der Waals surface area (Å²) in [5.41, 5.74) is 7.00. The molecule has 3 nitrogen and oxygen atoms in total. The van der Waals surface area contributed by atoms with Crippen LogP contribution in [0.15, 0.2) is 12.1 Å². The first-order valence-electron chi connectivity index (χ1n) is 5.25. The van der Waals surface area contributed by atoms with Gasteiger partial charge < -0.3 is 15.4 Å². The zero-order chi connectivity index (χ0) is 11.5. The minimum Gasteiger partial charge on any atom is -0.397 e. The van der Waals surface area contributed by atoms with Crippen LogP contribution >= 0.6 is 11.6 Å². The highest BCUT2D eigenvalue weighted by atomic mass is 35.5. The topological polar surface area (TPSA) is 38.5 Å². The number of nitrogen functional groups attached to an aromatic ring is 1. The van der Waals surface area contributed by atoms with Gasteiger partial charge in [0.1, 0.15) is 5.82 Å². The number of anilines is 2. The lowest BCUT2D eigenvalue weighted by Gasteiger charge is -2.23. The van der Waals surface area contributed by atoms with Crippen LogP contribution in [0.4, 0.5) is 15.8 Å². The summed E-state index contributed by atoms with van der Waals surface area (Å²) < 4.78 is 18.5. The molecule has 0 amide bonds. The number of halogens is 2. The Balaban J connectivity index is 2.27. The first-order valence-corrected chi connectivity index (χ1v) is 5.63. The molecule has 1 aliphatic rings. The van der Waals surface area contributed by atoms with Crippen molar-refractivity contribution in [1.29, 1.82) is 0 Å². The number of hydrogen-bond donors (Lipinski definition) is 1. The quantitative estimate of drug-likeness (QED) is 0.771. The van der Waals surface area contributed by atoms with Crippen molar-refractivity contribution in [3.8, 4) is 0 Å². The van der Waals surface area contributed by atoms with Crippen LogP contribution in [0.3, 0.4) is 0 Å². The molecule has 0 radical (unpaired) electrons. The van der Waals surface area contributed by atoms with Gasteiger partial charge in [0.05, 0.1) is 23.0 Å². The Bertz CT molecular complexity index is 378. The van der Waals surface area contributed by atoms with Gasteiger partial charge in [0, 0.05) is 25.8 Å². The summed E-state index contributed by atoms with van der Waals surface area (Å²) in [6.45, 7) is 3.03. The van der Waals surface area contributed by atoms with Crippen LogP contribution in [0.25, 0.3) is 0 Å². The highest BCUT2D eigenvalue weighted by molar-refractivity contribution is 6.31. The molecule has 16 heavy (non-hydrogen) atoms. The zero-order valence-corrected chi connectivity index (χ0v) is 9.63. The Morgan fingerprint density at radius 2 is 2.12 bits per heavy atom. The normalized spacial score (nSPS) is 17.2. The fraction of sp³-hybridized carbons (Fsp3) is 0.455. The second kappa shape index (κ2) is 4.89. The van der Waals surface area contributed by atoms with Crippen LogP contribution in [0.5, 0.6) is 0 Å². The number of rotatable bonds is 1. The molecule has 0 saturated carbocycles. The third-order valence-corrected chi connectivity index (χ3v) is 2.92. The van der Waals surface area contributed by atoms with Gasteiger partial charge in [-0.3, -0.25) is 0 Å². The monoisotopic (exact) mass is 244 g/mol. The van der Waals surface area contributed by atoms with E-state index in [1.807, 2.05) is 0 Å². The molecular weight excluding hydrogens is 231 g/mol. The van der Waals surface area contributed by atoms with E-state index < -0.39 is 5.82 Å². The molecule has 2 rings (SSSR count). The van der Waals surface area contributed by atoms with Crippen LogP contribution in [-0.4, -0.2) is 26.3 Å². The van der Waals surface area contributed by atoms with E-state index in [4.69, 9.17) is 22.1 Å². The zero-order valence-electron chi connectivity index (χ0n) is 8.88. The average Bonchev–Trinajstić information content (AvgIpc) is 2.52. The highest BCUT2D eigenvalue weighted by Crippen LogP contribution is 2.29. The van der Waals surface area contributed by atoms with Gasteiger partial charge in [0.2, 0.25) is 0 Å². The van der Waals surface area contributed by atoms with E-state index >= 15 is 0 Å². The van der Waals surface area contributed by atoms with E-state index in [1.54, 1.807) is 6.07 Å². The third-order valence-electron chi connectivity index (χ3n) is 2.63. The van der Waals surface area contributed by atoms with Crippen LogP contribution in [0, 0.1) is 5.82 Å². The van der Waals surface area contributed by atoms with E-state index in [2.05, 4.69) is 4.90 Å². The lowest BCUT2D eigenvalue weighted by molar-refractivity contribution is 0.152. The predicted molar refractivity (Wildman–Crippen MR) is 63.5 cm³/mol. The molecule has 88 valence electrons. The van der Waals surface area contributed by atoms with Crippen molar-refractivity contribution in [3.05, 3.63) is 23.0 Å². The molecule has 0 aliphatic carbocycles. The molecule has 0 spiro atoms. The van der Waals surface area contributed by atoms with Crippen LogP contribution in [0.1, 0.15) is 6.42 Å². The average molecular weight is 245 g/mol. The maximum Gasteiger partial charge on any atom is 0.143 e. The van der Waals surface area contributed by atoms with Crippen LogP contribution in [-0.2, 0) is 4.74 Å². The third kappa shape index (κ3) is 2.39. The van der Waals surface area contributed by atoms with Gasteiger partial charge in [-0.1, -0.05) is 11.6 Å². The molecule has 0 bridgehead atoms. The standard InChI is InChI=1S/C11H14ClFN2O/c12-8-6-11(10(14)7-9(8)13)15-2-1-4-16-5-3-15/h6-7H,1-5,14H2. The lowest BCUT2D eigenvalue weighted by atomic mass is 10.2. The van der Waals surface area contributed by atoms with Gasteiger partial charge in [0.15, 0.2) is 0 Å². The molecule has 0 atom stereocenters. The predicted octanol–water partition coefficient (Wildman–Crippen LogP) is 2.29. The number of nitrogens with zero attached hydrogens (tertiary/aromatic N) is 1. The van der Waals surface area contributed by atoms with Gasteiger partial charge in [0.25, 0.3) is 0 Å². The van der Waals surface area contributed by atoms with Crippen LogP contribution in [0.2, 0.25) is 5.02 Å². The van der Waals surface area contributed by atoms with Crippen molar-refractivity contribution in [2.75, 3.05) is 36.9 Å². The first-order chi connectivity index (χ1) is 7.68. The molecule has 1 aromatic carbocycles. The minimum atomic E-state index is -0.478. The van der Waals surface area contributed by atoms with Crippen LogP contribution < -0.4 is 10.6 Å². The smallest absolute Gasteiger partial charge is 0.143 e. The van der Waals surface area contributed by atoms with E-state index in [1.165, 1.54) is 6.07 Å². The molecule has 1 fully saturated rings. The van der Waals surface area contributed by atoms with E-state index in [9.17, 15) is 4.39 Å². The Morgan fingerprint density at radius 3 is 2.94 bits per heavy atom. The number of hydrogen-bond acceptors (Lipinski definition) is 3. The summed E-state index contributed by atoms with van der Waals surface area (Å²) in [4.78, 5) is 2.08. The Labute approximate surface area is 98.9 Å². The second-order valence-corrected chi connectivity index (χ2v) is 4.19. The molecule has 5 heteroatoms.